The zero-order valence-corrected chi connectivity index (χ0v) is 15.0. The van der Waals surface area contributed by atoms with Gasteiger partial charge < -0.3 is 5.73 Å². The van der Waals surface area contributed by atoms with Crippen LogP contribution in [-0.4, -0.2) is 20.7 Å². The van der Waals surface area contributed by atoms with E-state index < -0.39 is 0 Å². The molecular weight excluding hydrogens is 348 g/mol. The summed E-state index contributed by atoms with van der Waals surface area (Å²) >= 11 is 6.38. The lowest BCUT2D eigenvalue weighted by molar-refractivity contribution is 0.0962. The summed E-state index contributed by atoms with van der Waals surface area (Å²) in [5.74, 6) is 0.273. The number of nitrogens with zero attached hydrogens (tertiary/aromatic N) is 3. The molecule has 1 aromatic carbocycles. The fourth-order valence-corrected chi connectivity index (χ4v) is 3.90. The number of ketones is 1. The Bertz CT molecular complexity index is 1020. The molecule has 26 heavy (non-hydrogen) atoms. The number of aryl methyl sites for hydroxylation is 1. The Hall–Kier alpha value is -2.79. The van der Waals surface area contributed by atoms with Gasteiger partial charge in [0.25, 0.3) is 0 Å². The molecule has 1 aliphatic carbocycles. The molecule has 0 saturated heterocycles. The van der Waals surface area contributed by atoms with E-state index in [1.54, 1.807) is 25.4 Å². The minimum atomic E-state index is 0.0103. The largest absolute Gasteiger partial charge is 0.368 e. The van der Waals surface area contributed by atoms with Gasteiger partial charge in [-0.1, -0.05) is 35.9 Å². The quantitative estimate of drug-likeness (QED) is 0.743. The first-order valence-corrected chi connectivity index (χ1v) is 8.77. The number of hydrogen-bond donors (Lipinski definition) is 1. The molecule has 0 spiro atoms. The van der Waals surface area contributed by atoms with Gasteiger partial charge in [-0.3, -0.25) is 9.78 Å². The second kappa shape index (κ2) is 6.50. The molecule has 3 aromatic rings. The number of benzene rings is 1. The van der Waals surface area contributed by atoms with Crippen molar-refractivity contribution in [1.82, 2.24) is 15.0 Å². The van der Waals surface area contributed by atoms with Crippen molar-refractivity contribution in [2.24, 2.45) is 0 Å². The highest BCUT2D eigenvalue weighted by atomic mass is 35.5. The SMILES string of the molecule is Cc1nc(N)nc2c1C(=O)CC(c1ccccc1-c1cnccc1Cl)C2. The van der Waals surface area contributed by atoms with Gasteiger partial charge in [-0.05, 0) is 36.5 Å². The molecule has 0 saturated carbocycles. The Morgan fingerprint density at radius 1 is 1.12 bits per heavy atom. The topological polar surface area (TPSA) is 81.8 Å². The van der Waals surface area contributed by atoms with Crippen molar-refractivity contribution in [2.75, 3.05) is 5.73 Å². The van der Waals surface area contributed by atoms with E-state index in [0.29, 0.717) is 29.1 Å². The fourth-order valence-electron chi connectivity index (χ4n) is 3.69. The monoisotopic (exact) mass is 364 g/mol. The lowest BCUT2D eigenvalue weighted by Crippen LogP contribution is -2.23. The van der Waals surface area contributed by atoms with Crippen molar-refractivity contribution < 1.29 is 4.79 Å². The van der Waals surface area contributed by atoms with Crippen LogP contribution in [0.25, 0.3) is 11.1 Å². The van der Waals surface area contributed by atoms with Crippen molar-refractivity contribution >= 4 is 23.3 Å². The fraction of sp³-hybridized carbons (Fsp3) is 0.200. The van der Waals surface area contributed by atoms with Crippen LogP contribution in [-0.2, 0) is 6.42 Å². The van der Waals surface area contributed by atoms with E-state index in [-0.39, 0.29) is 17.6 Å². The first-order chi connectivity index (χ1) is 12.5. The first-order valence-electron chi connectivity index (χ1n) is 8.39. The van der Waals surface area contributed by atoms with Gasteiger partial charge in [0.05, 0.1) is 22.0 Å². The summed E-state index contributed by atoms with van der Waals surface area (Å²) < 4.78 is 0. The molecule has 0 radical (unpaired) electrons. The molecule has 5 nitrogen and oxygen atoms in total. The molecule has 1 atom stereocenters. The third-order valence-electron chi connectivity index (χ3n) is 4.79. The summed E-state index contributed by atoms with van der Waals surface area (Å²) in [6, 6.07) is 9.76. The molecule has 0 fully saturated rings. The number of pyridine rings is 1. The highest BCUT2D eigenvalue weighted by Gasteiger charge is 2.31. The summed E-state index contributed by atoms with van der Waals surface area (Å²) in [5, 5.41) is 0.636. The Kier molecular flexibility index (Phi) is 4.17. The van der Waals surface area contributed by atoms with Gasteiger partial charge in [0.1, 0.15) is 0 Å². The predicted octanol–water partition coefficient (Wildman–Crippen LogP) is 4.00. The number of carbonyl (C=O) groups excluding carboxylic acids is 1. The van der Waals surface area contributed by atoms with E-state index in [2.05, 4.69) is 15.0 Å². The summed E-state index contributed by atoms with van der Waals surface area (Å²) in [4.78, 5) is 25.4. The van der Waals surface area contributed by atoms with Crippen LogP contribution in [0.5, 0.6) is 0 Å². The third kappa shape index (κ3) is 2.84. The van der Waals surface area contributed by atoms with Gasteiger partial charge in [-0.25, -0.2) is 9.97 Å². The number of anilines is 1. The standard InChI is InChI=1S/C20H17ClN4O/c1-11-19-17(25-20(22)24-11)8-12(9-18(19)26)13-4-2-3-5-14(13)15-10-23-7-6-16(15)21/h2-7,10,12H,8-9H2,1H3,(H2,22,24,25). The van der Waals surface area contributed by atoms with Crippen LogP contribution in [0.2, 0.25) is 5.02 Å². The molecule has 1 aliphatic rings. The minimum absolute atomic E-state index is 0.0103. The van der Waals surface area contributed by atoms with Crippen molar-refractivity contribution in [1.29, 1.82) is 0 Å². The smallest absolute Gasteiger partial charge is 0.220 e. The van der Waals surface area contributed by atoms with E-state index in [0.717, 1.165) is 22.4 Å². The molecule has 0 aliphatic heterocycles. The van der Waals surface area contributed by atoms with Gasteiger partial charge in [0, 0.05) is 24.4 Å². The number of nitrogen functional groups attached to an aromatic ring is 1. The Balaban J connectivity index is 1.81. The number of halogens is 1. The molecule has 1 unspecified atom stereocenters. The van der Waals surface area contributed by atoms with Gasteiger partial charge in [-0.2, -0.15) is 0 Å². The normalized spacial score (nSPS) is 16.4. The van der Waals surface area contributed by atoms with Crippen LogP contribution in [0.1, 0.15) is 39.6 Å². The number of Topliss-reactive ketones (excluding diaryl/α,β-unsaturated/α-hetero) is 1. The van der Waals surface area contributed by atoms with Crippen molar-refractivity contribution in [3.05, 3.63) is 70.3 Å². The van der Waals surface area contributed by atoms with Gasteiger partial charge >= 0.3 is 0 Å². The van der Waals surface area contributed by atoms with Crippen LogP contribution in [0.4, 0.5) is 5.95 Å². The molecule has 130 valence electrons. The highest BCUT2D eigenvalue weighted by Crippen LogP contribution is 2.39. The summed E-state index contributed by atoms with van der Waals surface area (Å²) in [6.45, 7) is 1.80. The third-order valence-corrected chi connectivity index (χ3v) is 5.12. The van der Waals surface area contributed by atoms with E-state index >= 15 is 0 Å². The van der Waals surface area contributed by atoms with E-state index in [4.69, 9.17) is 17.3 Å². The molecule has 4 rings (SSSR count). The lowest BCUT2D eigenvalue weighted by Gasteiger charge is -2.26. The number of aromatic nitrogens is 3. The van der Waals surface area contributed by atoms with Crippen molar-refractivity contribution in [3.8, 4) is 11.1 Å². The Morgan fingerprint density at radius 3 is 2.73 bits per heavy atom. The van der Waals surface area contributed by atoms with E-state index in [1.165, 1.54) is 0 Å². The second-order valence-corrected chi connectivity index (χ2v) is 6.87. The van der Waals surface area contributed by atoms with E-state index in [9.17, 15) is 4.79 Å². The van der Waals surface area contributed by atoms with Gasteiger partial charge in [0.15, 0.2) is 5.78 Å². The van der Waals surface area contributed by atoms with Crippen LogP contribution in [0, 0.1) is 6.92 Å². The number of fused-ring (bicyclic) bond motifs is 1. The van der Waals surface area contributed by atoms with Gasteiger partial charge in [0.2, 0.25) is 5.95 Å². The van der Waals surface area contributed by atoms with Crippen LogP contribution in [0.3, 0.4) is 0 Å². The summed E-state index contributed by atoms with van der Waals surface area (Å²) in [7, 11) is 0. The maximum atomic E-state index is 12.8. The maximum Gasteiger partial charge on any atom is 0.220 e. The van der Waals surface area contributed by atoms with Crippen molar-refractivity contribution in [3.63, 3.8) is 0 Å². The van der Waals surface area contributed by atoms with Crippen molar-refractivity contribution in [2.45, 2.75) is 25.7 Å². The Morgan fingerprint density at radius 2 is 1.92 bits per heavy atom. The van der Waals surface area contributed by atoms with Crippen LogP contribution < -0.4 is 5.73 Å². The zero-order valence-electron chi connectivity index (χ0n) is 14.2. The van der Waals surface area contributed by atoms with Gasteiger partial charge in [-0.15, -0.1) is 0 Å². The zero-order chi connectivity index (χ0) is 18.3. The molecular formula is C20H17ClN4O. The number of rotatable bonds is 2. The molecule has 0 amide bonds. The minimum Gasteiger partial charge on any atom is -0.368 e. The lowest BCUT2D eigenvalue weighted by atomic mass is 9.79. The number of carbonyl (C=O) groups is 1. The number of nitrogens with two attached hydrogens (primary N) is 1. The molecule has 2 aromatic heterocycles. The first kappa shape index (κ1) is 16.7. The summed E-state index contributed by atoms with van der Waals surface area (Å²) in [6.07, 6.45) is 4.47. The maximum absolute atomic E-state index is 12.8. The van der Waals surface area contributed by atoms with Crippen LogP contribution in [0.15, 0.2) is 42.7 Å². The van der Waals surface area contributed by atoms with E-state index in [1.807, 2.05) is 24.3 Å². The second-order valence-electron chi connectivity index (χ2n) is 6.46. The predicted molar refractivity (Wildman–Crippen MR) is 101 cm³/mol. The highest BCUT2D eigenvalue weighted by molar-refractivity contribution is 6.33. The Labute approximate surface area is 156 Å². The average Bonchev–Trinajstić information content (AvgIpc) is 2.61. The molecule has 6 heteroatoms. The summed E-state index contributed by atoms with van der Waals surface area (Å²) in [5.41, 5.74) is 10.7. The molecule has 2 heterocycles. The average molecular weight is 365 g/mol. The molecule has 2 N–H and O–H groups in total. The number of hydrogen-bond acceptors (Lipinski definition) is 5. The molecule has 0 bridgehead atoms. The van der Waals surface area contributed by atoms with Crippen LogP contribution >= 0.6 is 11.6 Å².